The number of benzene rings is 2. The van der Waals surface area contributed by atoms with E-state index in [9.17, 15) is 0 Å². The van der Waals surface area contributed by atoms with Crippen molar-refractivity contribution in [1.82, 2.24) is 5.32 Å². The van der Waals surface area contributed by atoms with Crippen LogP contribution in [0.5, 0.6) is 11.5 Å². The molecule has 25 heavy (non-hydrogen) atoms. The Labute approximate surface area is 150 Å². The molecule has 1 saturated heterocycles. The van der Waals surface area contributed by atoms with Crippen molar-refractivity contribution in [2.24, 2.45) is 5.92 Å². The molecule has 2 aromatic carbocycles. The minimum Gasteiger partial charge on any atom is -0.497 e. The molecule has 1 aliphatic rings. The molecule has 0 radical (unpaired) electrons. The predicted molar refractivity (Wildman–Crippen MR) is 99.5 cm³/mol. The summed E-state index contributed by atoms with van der Waals surface area (Å²) >= 11 is 0. The fourth-order valence-electron chi connectivity index (χ4n) is 3.36. The largest absolute Gasteiger partial charge is 0.497 e. The van der Waals surface area contributed by atoms with E-state index in [1.807, 2.05) is 24.3 Å². The lowest BCUT2D eigenvalue weighted by Gasteiger charge is -2.32. The first-order chi connectivity index (χ1) is 12.4. The minimum atomic E-state index is 0.511. The summed E-state index contributed by atoms with van der Waals surface area (Å²) in [6.45, 7) is 4.01. The average molecular weight is 341 g/mol. The minimum absolute atomic E-state index is 0.511. The van der Waals surface area contributed by atoms with E-state index in [-0.39, 0.29) is 0 Å². The van der Waals surface area contributed by atoms with Crippen LogP contribution in [-0.2, 0) is 4.74 Å². The lowest BCUT2D eigenvalue weighted by molar-refractivity contribution is 0.0604. The third kappa shape index (κ3) is 5.21. The molecule has 1 aliphatic heterocycles. The van der Waals surface area contributed by atoms with Gasteiger partial charge >= 0.3 is 0 Å². The summed E-state index contributed by atoms with van der Waals surface area (Å²) in [5, 5.41) is 3.49. The molecule has 0 aliphatic carbocycles. The third-order valence-corrected chi connectivity index (χ3v) is 4.72. The Balaban J connectivity index is 1.41. The average Bonchev–Trinajstić information content (AvgIpc) is 2.69. The van der Waals surface area contributed by atoms with Crippen molar-refractivity contribution >= 4 is 0 Å². The van der Waals surface area contributed by atoms with Gasteiger partial charge in [-0.15, -0.1) is 0 Å². The topological polar surface area (TPSA) is 39.7 Å². The maximum atomic E-state index is 5.90. The molecule has 2 atom stereocenters. The van der Waals surface area contributed by atoms with Crippen LogP contribution in [0.2, 0.25) is 0 Å². The highest BCUT2D eigenvalue weighted by Crippen LogP contribution is 2.30. The standard InChI is InChI=1S/C21H27NO3/c1-23-19-7-9-20(10-8-19)25-14-13-24-16-18-15-22-12-11-21(18)17-5-3-2-4-6-17/h2-10,18,21-22H,11-16H2,1H3/t18-,21-/m0/s1. The summed E-state index contributed by atoms with van der Waals surface area (Å²) in [7, 11) is 1.66. The number of rotatable bonds is 8. The summed E-state index contributed by atoms with van der Waals surface area (Å²) < 4.78 is 16.8. The molecular formula is C21H27NO3. The van der Waals surface area contributed by atoms with Crippen molar-refractivity contribution in [3.8, 4) is 11.5 Å². The number of nitrogens with one attached hydrogen (secondary N) is 1. The van der Waals surface area contributed by atoms with Crippen LogP contribution in [0, 0.1) is 5.92 Å². The van der Waals surface area contributed by atoms with Crippen LogP contribution in [-0.4, -0.2) is 40.0 Å². The fourth-order valence-corrected chi connectivity index (χ4v) is 3.36. The van der Waals surface area contributed by atoms with Crippen LogP contribution in [0.1, 0.15) is 17.9 Å². The maximum absolute atomic E-state index is 5.90. The van der Waals surface area contributed by atoms with E-state index in [2.05, 4.69) is 35.6 Å². The Morgan fingerprint density at radius 3 is 2.48 bits per heavy atom. The van der Waals surface area contributed by atoms with Crippen molar-refractivity contribution in [3.05, 3.63) is 60.2 Å². The first-order valence-electron chi connectivity index (χ1n) is 8.97. The summed E-state index contributed by atoms with van der Waals surface area (Å²) in [6, 6.07) is 18.4. The van der Waals surface area contributed by atoms with Crippen LogP contribution >= 0.6 is 0 Å². The maximum Gasteiger partial charge on any atom is 0.119 e. The van der Waals surface area contributed by atoms with Crippen molar-refractivity contribution in [2.75, 3.05) is 40.0 Å². The van der Waals surface area contributed by atoms with Gasteiger partial charge in [-0.05, 0) is 48.7 Å². The second-order valence-corrected chi connectivity index (χ2v) is 6.37. The second kappa shape index (κ2) is 9.44. The van der Waals surface area contributed by atoms with Crippen molar-refractivity contribution in [1.29, 1.82) is 0 Å². The lowest BCUT2D eigenvalue weighted by atomic mass is 9.81. The van der Waals surface area contributed by atoms with Crippen LogP contribution in [0.25, 0.3) is 0 Å². The lowest BCUT2D eigenvalue weighted by Crippen LogP contribution is -2.38. The van der Waals surface area contributed by atoms with Crippen LogP contribution in [0.15, 0.2) is 54.6 Å². The van der Waals surface area contributed by atoms with Gasteiger partial charge in [0.1, 0.15) is 18.1 Å². The smallest absolute Gasteiger partial charge is 0.119 e. The molecule has 0 saturated carbocycles. The van der Waals surface area contributed by atoms with E-state index in [0.29, 0.717) is 25.0 Å². The molecule has 0 bridgehead atoms. The molecule has 0 unspecified atom stereocenters. The van der Waals surface area contributed by atoms with Gasteiger partial charge in [0.15, 0.2) is 0 Å². The molecule has 3 rings (SSSR count). The highest BCUT2D eigenvalue weighted by Gasteiger charge is 2.26. The zero-order valence-electron chi connectivity index (χ0n) is 14.8. The highest BCUT2D eigenvalue weighted by molar-refractivity contribution is 5.31. The zero-order valence-corrected chi connectivity index (χ0v) is 14.8. The normalized spacial score (nSPS) is 20.2. The quantitative estimate of drug-likeness (QED) is 0.746. The predicted octanol–water partition coefficient (Wildman–Crippen LogP) is 3.48. The molecule has 1 heterocycles. The van der Waals surface area contributed by atoms with Crippen LogP contribution in [0.3, 0.4) is 0 Å². The van der Waals surface area contributed by atoms with Crippen molar-refractivity contribution in [2.45, 2.75) is 12.3 Å². The first kappa shape index (κ1) is 17.8. The van der Waals surface area contributed by atoms with Crippen molar-refractivity contribution in [3.63, 3.8) is 0 Å². The van der Waals surface area contributed by atoms with Crippen LogP contribution < -0.4 is 14.8 Å². The molecule has 134 valence electrons. The molecular weight excluding hydrogens is 314 g/mol. The van der Waals surface area contributed by atoms with E-state index in [0.717, 1.165) is 31.2 Å². The molecule has 4 nitrogen and oxygen atoms in total. The van der Waals surface area contributed by atoms with E-state index in [4.69, 9.17) is 14.2 Å². The van der Waals surface area contributed by atoms with Gasteiger partial charge in [-0.25, -0.2) is 0 Å². The summed E-state index contributed by atoms with van der Waals surface area (Å²) in [5.74, 6) is 2.76. The van der Waals surface area contributed by atoms with Crippen molar-refractivity contribution < 1.29 is 14.2 Å². The van der Waals surface area contributed by atoms with Gasteiger partial charge in [-0.3, -0.25) is 0 Å². The van der Waals surface area contributed by atoms with Gasteiger partial charge in [-0.2, -0.15) is 0 Å². The second-order valence-electron chi connectivity index (χ2n) is 6.37. The molecule has 0 spiro atoms. The van der Waals surface area contributed by atoms with E-state index >= 15 is 0 Å². The van der Waals surface area contributed by atoms with Gasteiger partial charge in [-0.1, -0.05) is 30.3 Å². The highest BCUT2D eigenvalue weighted by atomic mass is 16.5. The fraction of sp³-hybridized carbons (Fsp3) is 0.429. The molecule has 1 N–H and O–H groups in total. The Bertz CT molecular complexity index is 615. The monoisotopic (exact) mass is 341 g/mol. The van der Waals surface area contributed by atoms with E-state index in [1.165, 1.54) is 12.0 Å². The molecule has 0 aromatic heterocycles. The zero-order chi connectivity index (χ0) is 17.3. The number of hydrogen-bond donors (Lipinski definition) is 1. The van der Waals surface area contributed by atoms with E-state index in [1.54, 1.807) is 7.11 Å². The summed E-state index contributed by atoms with van der Waals surface area (Å²) in [6.07, 6.45) is 1.17. The van der Waals surface area contributed by atoms with E-state index < -0.39 is 0 Å². The first-order valence-corrected chi connectivity index (χ1v) is 8.97. The molecule has 1 fully saturated rings. The van der Waals surface area contributed by atoms with Gasteiger partial charge in [0, 0.05) is 12.5 Å². The Kier molecular flexibility index (Phi) is 6.71. The molecule has 2 aromatic rings. The van der Waals surface area contributed by atoms with Gasteiger partial charge in [0.25, 0.3) is 0 Å². The SMILES string of the molecule is COc1ccc(OCCOC[C@@H]2CNCC[C@H]2c2ccccc2)cc1. The van der Waals surface area contributed by atoms with Gasteiger partial charge in [0.05, 0.1) is 20.3 Å². The molecule has 4 heteroatoms. The van der Waals surface area contributed by atoms with Gasteiger partial charge in [0.2, 0.25) is 0 Å². The van der Waals surface area contributed by atoms with Gasteiger partial charge < -0.3 is 19.5 Å². The number of methoxy groups -OCH3 is 1. The summed E-state index contributed by atoms with van der Waals surface area (Å²) in [5.41, 5.74) is 1.42. The Morgan fingerprint density at radius 2 is 1.72 bits per heavy atom. The Morgan fingerprint density at radius 1 is 0.960 bits per heavy atom. The molecule has 0 amide bonds. The Hall–Kier alpha value is -2.04. The van der Waals surface area contributed by atoms with Crippen LogP contribution in [0.4, 0.5) is 0 Å². The summed E-state index contributed by atoms with van der Waals surface area (Å²) in [4.78, 5) is 0. The number of piperidine rings is 1. The third-order valence-electron chi connectivity index (χ3n) is 4.72. The number of ether oxygens (including phenoxy) is 3. The number of hydrogen-bond acceptors (Lipinski definition) is 4.